The van der Waals surface area contributed by atoms with E-state index >= 15 is 0 Å². The van der Waals surface area contributed by atoms with Crippen LogP contribution < -0.4 is 4.74 Å². The first kappa shape index (κ1) is 30.3. The highest BCUT2D eigenvalue weighted by Gasteiger charge is 2.40. The van der Waals surface area contributed by atoms with Gasteiger partial charge >= 0.3 is 5.97 Å². The summed E-state index contributed by atoms with van der Waals surface area (Å²) >= 11 is 0. The number of esters is 1. The Balaban J connectivity index is 1.33. The average Bonchev–Trinajstić information content (AvgIpc) is 3.19. The van der Waals surface area contributed by atoms with Gasteiger partial charge in [0.1, 0.15) is 12.4 Å². The largest absolute Gasteiger partial charge is 0.427 e. The van der Waals surface area contributed by atoms with Crippen molar-refractivity contribution in [1.82, 2.24) is 0 Å². The van der Waals surface area contributed by atoms with Crippen molar-refractivity contribution < 1.29 is 34.8 Å². The predicted octanol–water partition coefficient (Wildman–Crippen LogP) is 4.55. The molecule has 2 aromatic carbocycles. The third-order valence-electron chi connectivity index (χ3n) is 7.28. The summed E-state index contributed by atoms with van der Waals surface area (Å²) in [7, 11) is 0. The second-order valence-corrected chi connectivity index (χ2v) is 10.2. The molecule has 0 unspecified atom stereocenters. The summed E-state index contributed by atoms with van der Waals surface area (Å²) in [4.78, 5) is 26.6. The van der Waals surface area contributed by atoms with Crippen LogP contribution in [-0.4, -0.2) is 44.7 Å². The molecule has 0 saturated heterocycles. The van der Waals surface area contributed by atoms with E-state index < -0.39 is 23.4 Å². The topological polar surface area (TPSA) is 139 Å². The van der Waals surface area contributed by atoms with Crippen LogP contribution in [0, 0.1) is 22.0 Å². The minimum Gasteiger partial charge on any atom is -0.427 e. The lowest BCUT2D eigenvalue weighted by atomic mass is 9.85. The number of rotatable bonds is 16. The van der Waals surface area contributed by atoms with Crippen molar-refractivity contribution in [2.24, 2.45) is 11.8 Å². The van der Waals surface area contributed by atoms with Crippen LogP contribution in [0.5, 0.6) is 5.75 Å². The van der Waals surface area contributed by atoms with E-state index in [-0.39, 0.29) is 30.8 Å². The SMILES string of the molecule is O=C(CCC/C=C\C[C@@H]1[C@@H](CC[C@@H](O)CCc2ccccc2)[C@H](O)C[C@@H]1O)Oc1ccc(CO[N+](=O)[O-])cc1. The molecule has 1 aliphatic carbocycles. The molecule has 0 bridgehead atoms. The zero-order chi connectivity index (χ0) is 28.0. The van der Waals surface area contributed by atoms with Gasteiger partial charge < -0.3 is 24.9 Å². The van der Waals surface area contributed by atoms with Gasteiger partial charge in [-0.25, -0.2) is 0 Å². The maximum absolute atomic E-state index is 12.1. The first-order valence-corrected chi connectivity index (χ1v) is 13.6. The Labute approximate surface area is 229 Å². The molecule has 0 radical (unpaired) electrons. The first-order valence-electron chi connectivity index (χ1n) is 13.6. The summed E-state index contributed by atoms with van der Waals surface area (Å²) in [5, 5.41) is 40.8. The summed E-state index contributed by atoms with van der Waals surface area (Å²) in [6.07, 6.45) is 7.70. The van der Waals surface area contributed by atoms with Gasteiger partial charge in [0.15, 0.2) is 0 Å². The minimum atomic E-state index is -0.861. The van der Waals surface area contributed by atoms with E-state index in [4.69, 9.17) is 4.74 Å². The molecule has 1 aliphatic rings. The molecule has 0 heterocycles. The number of unbranched alkanes of at least 4 members (excludes halogenated alkanes) is 1. The van der Waals surface area contributed by atoms with Crippen molar-refractivity contribution in [1.29, 1.82) is 0 Å². The van der Waals surface area contributed by atoms with Crippen LogP contribution in [0.15, 0.2) is 66.7 Å². The molecule has 212 valence electrons. The van der Waals surface area contributed by atoms with Crippen LogP contribution in [0.1, 0.15) is 62.5 Å². The fourth-order valence-electron chi connectivity index (χ4n) is 5.11. The summed E-state index contributed by atoms with van der Waals surface area (Å²) in [5.74, 6) is -0.104. The second-order valence-electron chi connectivity index (χ2n) is 10.2. The number of carbonyl (C=O) groups is 1. The highest BCUT2D eigenvalue weighted by Crippen LogP contribution is 2.38. The van der Waals surface area contributed by atoms with Crippen LogP contribution >= 0.6 is 0 Å². The minimum absolute atomic E-state index is 0.0523. The lowest BCUT2D eigenvalue weighted by Gasteiger charge is -2.23. The number of ether oxygens (including phenoxy) is 1. The van der Waals surface area contributed by atoms with Gasteiger partial charge in [0, 0.05) is 6.42 Å². The fraction of sp³-hybridized carbons (Fsp3) is 0.500. The fourth-order valence-corrected chi connectivity index (χ4v) is 5.11. The van der Waals surface area contributed by atoms with Crippen LogP contribution in [0.4, 0.5) is 0 Å². The van der Waals surface area contributed by atoms with E-state index in [1.54, 1.807) is 24.3 Å². The quantitative estimate of drug-likeness (QED) is 0.0702. The zero-order valence-electron chi connectivity index (χ0n) is 22.1. The Hall–Kier alpha value is -3.27. The molecular weight excluding hydrogens is 502 g/mol. The molecule has 9 heteroatoms. The van der Waals surface area contributed by atoms with Crippen LogP contribution in [-0.2, 0) is 22.7 Å². The molecule has 0 aromatic heterocycles. The Morgan fingerprint density at radius 3 is 2.44 bits per heavy atom. The maximum atomic E-state index is 12.1. The number of hydrogen-bond acceptors (Lipinski definition) is 8. The number of aliphatic hydroxyl groups is 3. The van der Waals surface area contributed by atoms with Gasteiger partial charge in [0.25, 0.3) is 5.09 Å². The van der Waals surface area contributed by atoms with Gasteiger partial charge in [-0.3, -0.25) is 4.79 Å². The lowest BCUT2D eigenvalue weighted by Crippen LogP contribution is -2.23. The molecular formula is C30H39NO8. The first-order chi connectivity index (χ1) is 18.8. The third-order valence-corrected chi connectivity index (χ3v) is 7.28. The van der Waals surface area contributed by atoms with Crippen molar-refractivity contribution in [2.75, 3.05) is 0 Å². The van der Waals surface area contributed by atoms with Crippen molar-refractivity contribution in [3.8, 4) is 5.75 Å². The molecule has 5 atom stereocenters. The van der Waals surface area contributed by atoms with Gasteiger partial charge in [-0.15, -0.1) is 10.1 Å². The normalized spacial score (nSPS) is 21.6. The number of aliphatic hydroxyl groups excluding tert-OH is 3. The van der Waals surface area contributed by atoms with Crippen molar-refractivity contribution >= 4 is 5.97 Å². The van der Waals surface area contributed by atoms with Gasteiger partial charge in [0.2, 0.25) is 0 Å². The van der Waals surface area contributed by atoms with E-state index in [0.29, 0.717) is 56.3 Å². The number of benzene rings is 2. The van der Waals surface area contributed by atoms with Gasteiger partial charge in [0.05, 0.1) is 18.3 Å². The van der Waals surface area contributed by atoms with E-state index in [2.05, 4.69) is 17.0 Å². The monoisotopic (exact) mass is 541 g/mol. The van der Waals surface area contributed by atoms with Crippen LogP contribution in [0.2, 0.25) is 0 Å². The van der Waals surface area contributed by atoms with Crippen molar-refractivity contribution in [2.45, 2.75) is 82.7 Å². The number of nitrogens with zero attached hydrogens (tertiary/aromatic N) is 1. The molecule has 39 heavy (non-hydrogen) atoms. The predicted molar refractivity (Wildman–Crippen MR) is 145 cm³/mol. The molecule has 3 rings (SSSR count). The Kier molecular flexibility index (Phi) is 12.4. The molecule has 0 spiro atoms. The van der Waals surface area contributed by atoms with Gasteiger partial charge in [-0.2, -0.15) is 0 Å². The number of allylic oxidation sites excluding steroid dienone is 2. The Morgan fingerprint density at radius 2 is 1.72 bits per heavy atom. The van der Waals surface area contributed by atoms with E-state index in [1.807, 2.05) is 30.4 Å². The molecule has 1 fully saturated rings. The molecule has 0 aliphatic heterocycles. The Bertz CT molecular complexity index is 1040. The zero-order valence-corrected chi connectivity index (χ0v) is 22.1. The molecule has 3 N–H and O–H groups in total. The highest BCUT2D eigenvalue weighted by atomic mass is 16.9. The van der Waals surface area contributed by atoms with E-state index in [0.717, 1.165) is 6.42 Å². The molecule has 0 amide bonds. The maximum Gasteiger partial charge on any atom is 0.311 e. The van der Waals surface area contributed by atoms with Crippen LogP contribution in [0.3, 0.4) is 0 Å². The number of carbonyl (C=O) groups excluding carboxylic acids is 1. The highest BCUT2D eigenvalue weighted by molar-refractivity contribution is 5.72. The average molecular weight is 542 g/mol. The van der Waals surface area contributed by atoms with Crippen molar-refractivity contribution in [3.63, 3.8) is 0 Å². The second kappa shape index (κ2) is 16.0. The van der Waals surface area contributed by atoms with Crippen LogP contribution in [0.25, 0.3) is 0 Å². The number of aryl methyl sites for hydroxylation is 1. The summed E-state index contributed by atoms with van der Waals surface area (Å²) in [5.41, 5.74) is 1.79. The molecule has 2 aromatic rings. The molecule has 1 saturated carbocycles. The lowest BCUT2D eigenvalue weighted by molar-refractivity contribution is -0.763. The van der Waals surface area contributed by atoms with Crippen molar-refractivity contribution in [3.05, 3.63) is 88.0 Å². The van der Waals surface area contributed by atoms with Gasteiger partial charge in [-0.05, 0) is 86.5 Å². The number of hydrogen-bond donors (Lipinski definition) is 3. The summed E-state index contributed by atoms with van der Waals surface area (Å²) in [6.45, 7) is -0.165. The van der Waals surface area contributed by atoms with E-state index in [1.165, 1.54) is 5.56 Å². The smallest absolute Gasteiger partial charge is 0.311 e. The molecule has 9 nitrogen and oxygen atoms in total. The Morgan fingerprint density at radius 1 is 1.00 bits per heavy atom. The standard InChI is InChI=1S/C30H39NO8/c32-24(15-12-22-8-4-3-5-9-22)16-19-27-26(28(33)20-29(27)34)10-6-1-2-7-11-30(35)39-25-17-13-23(14-18-25)21-38-31(36)37/h1,3-6,8-9,13-14,17-18,24,26-29,32-34H,2,7,10-12,15-16,19-21H2/b6-1-/t24-,26+,27+,28-,29+/m0/s1. The third kappa shape index (κ3) is 10.8. The van der Waals surface area contributed by atoms with Gasteiger partial charge in [-0.1, -0.05) is 54.6 Å². The van der Waals surface area contributed by atoms with E-state index in [9.17, 15) is 30.2 Å². The summed E-state index contributed by atoms with van der Waals surface area (Å²) in [6, 6.07) is 16.4. The summed E-state index contributed by atoms with van der Waals surface area (Å²) < 4.78 is 5.29.